The Morgan fingerprint density at radius 1 is 1.07 bits per heavy atom. The Kier molecular flexibility index (Phi) is 12.3. The summed E-state index contributed by atoms with van der Waals surface area (Å²) in [6, 6.07) is 7.62. The van der Waals surface area contributed by atoms with E-state index in [1.165, 1.54) is 36.8 Å². The van der Waals surface area contributed by atoms with Gasteiger partial charge in [0, 0.05) is 6.42 Å². The lowest BCUT2D eigenvalue weighted by molar-refractivity contribution is -0.122. The number of aliphatic hydroxyl groups excluding tert-OH is 1. The zero-order chi connectivity index (χ0) is 20.8. The normalized spacial score (nSPS) is 12.7. The Balaban J connectivity index is 2.32. The fraction of sp³-hybridized carbons (Fsp3) is 0.650. The summed E-state index contributed by atoms with van der Waals surface area (Å²) in [7, 11) is -4.62. The third-order valence-electron chi connectivity index (χ3n) is 4.55. The summed E-state index contributed by atoms with van der Waals surface area (Å²) in [5.41, 5.74) is 2.72. The minimum Gasteiger partial charge on any atom is -0.394 e. The summed E-state index contributed by atoms with van der Waals surface area (Å²) in [5.74, 6) is -0.263. The van der Waals surface area contributed by atoms with Crippen LogP contribution >= 0.6 is 7.82 Å². The molecule has 0 spiro atoms. The van der Waals surface area contributed by atoms with E-state index in [9.17, 15) is 14.5 Å². The van der Waals surface area contributed by atoms with Gasteiger partial charge in [0.15, 0.2) is 0 Å². The molecule has 0 aromatic heterocycles. The number of phosphoric ester groups is 1. The molecule has 4 N–H and O–H groups in total. The standard InChI is InChI=1S/C20H34NO6P/c1-2-3-4-5-10-17-11-6-7-12-18(17)13-8-9-14-20(23)21-19(15-22)16-27-28(24,25)26/h6-7,11-12,19,22H,2-5,8-10,13-16H2,1H3,(H,21,23)(H2,24,25,26)/t19-/m1/s1. The van der Waals surface area contributed by atoms with Gasteiger partial charge in [0.05, 0.1) is 19.3 Å². The molecule has 0 saturated heterocycles. The minimum absolute atomic E-state index is 0.263. The first-order chi connectivity index (χ1) is 13.4. The van der Waals surface area contributed by atoms with E-state index < -0.39 is 27.1 Å². The van der Waals surface area contributed by atoms with Crippen molar-refractivity contribution in [3.63, 3.8) is 0 Å². The monoisotopic (exact) mass is 415 g/mol. The first-order valence-electron chi connectivity index (χ1n) is 10.0. The van der Waals surface area contributed by atoms with Crippen LogP contribution in [0.2, 0.25) is 0 Å². The van der Waals surface area contributed by atoms with Gasteiger partial charge in [0.1, 0.15) is 0 Å². The third-order valence-corrected chi connectivity index (χ3v) is 5.03. The lowest BCUT2D eigenvalue weighted by Gasteiger charge is -2.16. The molecule has 0 aliphatic heterocycles. The molecule has 1 rings (SSSR count). The van der Waals surface area contributed by atoms with Crippen LogP contribution in [0.4, 0.5) is 0 Å². The Morgan fingerprint density at radius 3 is 2.21 bits per heavy atom. The zero-order valence-electron chi connectivity index (χ0n) is 16.7. The number of hydrogen-bond acceptors (Lipinski definition) is 4. The maximum absolute atomic E-state index is 11.9. The average Bonchev–Trinajstić information content (AvgIpc) is 2.66. The van der Waals surface area contributed by atoms with Crippen molar-refractivity contribution in [1.29, 1.82) is 0 Å². The molecule has 7 nitrogen and oxygen atoms in total. The van der Waals surface area contributed by atoms with Gasteiger partial charge in [-0.3, -0.25) is 9.32 Å². The molecule has 0 bridgehead atoms. The highest BCUT2D eigenvalue weighted by Gasteiger charge is 2.19. The number of rotatable bonds is 15. The second kappa shape index (κ2) is 13.9. The fourth-order valence-corrected chi connectivity index (χ4v) is 3.39. The van der Waals surface area contributed by atoms with Crippen LogP contribution in [0.25, 0.3) is 0 Å². The van der Waals surface area contributed by atoms with Gasteiger partial charge in [-0.1, -0.05) is 50.5 Å². The molecule has 1 amide bonds. The van der Waals surface area contributed by atoms with Crippen LogP contribution in [0.5, 0.6) is 0 Å². The molecule has 0 unspecified atom stereocenters. The number of unbranched alkanes of at least 4 members (excludes halogenated alkanes) is 4. The number of nitrogens with one attached hydrogen (secondary N) is 1. The summed E-state index contributed by atoms with van der Waals surface area (Å²) in [6.45, 7) is 1.33. The van der Waals surface area contributed by atoms with E-state index in [0.29, 0.717) is 12.8 Å². The smallest absolute Gasteiger partial charge is 0.394 e. The van der Waals surface area contributed by atoms with Crippen molar-refractivity contribution < 1.29 is 28.8 Å². The van der Waals surface area contributed by atoms with E-state index in [-0.39, 0.29) is 5.91 Å². The van der Waals surface area contributed by atoms with E-state index >= 15 is 0 Å². The lowest BCUT2D eigenvalue weighted by Crippen LogP contribution is -2.40. The van der Waals surface area contributed by atoms with Crippen LogP contribution in [0, 0.1) is 0 Å². The van der Waals surface area contributed by atoms with Gasteiger partial charge < -0.3 is 20.2 Å². The zero-order valence-corrected chi connectivity index (χ0v) is 17.6. The highest BCUT2D eigenvalue weighted by molar-refractivity contribution is 7.46. The SMILES string of the molecule is CCCCCCc1ccccc1CCCCC(=O)N[C@H](CO)COP(=O)(O)O. The molecule has 160 valence electrons. The van der Waals surface area contributed by atoms with Gasteiger partial charge in [0.25, 0.3) is 0 Å². The number of aliphatic hydroxyl groups is 1. The van der Waals surface area contributed by atoms with E-state index in [2.05, 4.69) is 35.0 Å². The summed E-state index contributed by atoms with van der Waals surface area (Å²) in [4.78, 5) is 29.3. The van der Waals surface area contributed by atoms with E-state index in [1.54, 1.807) is 0 Å². The molecule has 1 aromatic rings. The Labute approximate surface area is 167 Å². The molecule has 28 heavy (non-hydrogen) atoms. The van der Waals surface area contributed by atoms with E-state index in [4.69, 9.17) is 9.79 Å². The van der Waals surface area contributed by atoms with Gasteiger partial charge in [-0.25, -0.2) is 4.57 Å². The molecule has 0 fully saturated rings. The summed E-state index contributed by atoms with van der Waals surface area (Å²) >= 11 is 0. The quantitative estimate of drug-likeness (QED) is 0.258. The number of benzene rings is 1. The van der Waals surface area contributed by atoms with Crippen LogP contribution < -0.4 is 5.32 Å². The van der Waals surface area contributed by atoms with Crippen LogP contribution in [0.15, 0.2) is 24.3 Å². The van der Waals surface area contributed by atoms with Crippen LogP contribution in [0.3, 0.4) is 0 Å². The van der Waals surface area contributed by atoms with Crippen molar-refractivity contribution in [2.75, 3.05) is 13.2 Å². The Hall–Kier alpha value is -1.24. The summed E-state index contributed by atoms with van der Waals surface area (Å²) in [5, 5.41) is 11.7. The van der Waals surface area contributed by atoms with Gasteiger partial charge in [0.2, 0.25) is 5.91 Å². The van der Waals surface area contributed by atoms with Crippen LogP contribution in [-0.2, 0) is 26.7 Å². The second-order valence-corrected chi connectivity index (χ2v) is 8.26. The number of carbonyl (C=O) groups excluding carboxylic acids is 1. The number of aryl methyl sites for hydroxylation is 2. The van der Waals surface area contributed by atoms with Gasteiger partial charge in [-0.15, -0.1) is 0 Å². The topological polar surface area (TPSA) is 116 Å². The average molecular weight is 415 g/mol. The van der Waals surface area contributed by atoms with Crippen molar-refractivity contribution in [1.82, 2.24) is 5.32 Å². The predicted molar refractivity (Wildman–Crippen MR) is 109 cm³/mol. The van der Waals surface area contributed by atoms with Gasteiger partial charge in [-0.05, 0) is 43.2 Å². The maximum atomic E-state index is 11.9. The van der Waals surface area contributed by atoms with Crippen molar-refractivity contribution >= 4 is 13.7 Å². The molecule has 8 heteroatoms. The predicted octanol–water partition coefficient (Wildman–Crippen LogP) is 3.11. The minimum atomic E-state index is -4.62. The maximum Gasteiger partial charge on any atom is 0.469 e. The molecule has 1 atom stereocenters. The molecule has 0 heterocycles. The van der Waals surface area contributed by atoms with Gasteiger partial charge >= 0.3 is 7.82 Å². The second-order valence-electron chi connectivity index (χ2n) is 7.02. The molecular formula is C20H34NO6P. The van der Waals surface area contributed by atoms with Crippen molar-refractivity contribution in [3.8, 4) is 0 Å². The highest BCUT2D eigenvalue weighted by Crippen LogP contribution is 2.35. The molecular weight excluding hydrogens is 381 g/mol. The Bertz CT molecular complexity index is 618. The molecule has 0 aliphatic rings. The fourth-order valence-electron chi connectivity index (χ4n) is 3.02. The van der Waals surface area contributed by atoms with Gasteiger partial charge in [-0.2, -0.15) is 0 Å². The molecule has 0 aliphatic carbocycles. The number of hydrogen-bond donors (Lipinski definition) is 4. The first-order valence-corrected chi connectivity index (χ1v) is 11.6. The van der Waals surface area contributed by atoms with E-state index in [0.717, 1.165) is 19.3 Å². The largest absolute Gasteiger partial charge is 0.469 e. The Morgan fingerprint density at radius 2 is 1.68 bits per heavy atom. The van der Waals surface area contributed by atoms with Crippen LogP contribution in [-0.4, -0.2) is 40.1 Å². The van der Waals surface area contributed by atoms with Crippen molar-refractivity contribution in [2.45, 2.75) is 70.8 Å². The van der Waals surface area contributed by atoms with E-state index in [1.807, 2.05) is 6.07 Å². The number of phosphoric acid groups is 1. The summed E-state index contributed by atoms with van der Waals surface area (Å²) < 4.78 is 15.0. The van der Waals surface area contributed by atoms with Crippen LogP contribution in [0.1, 0.15) is 63.0 Å². The molecule has 0 saturated carbocycles. The molecule has 1 aromatic carbocycles. The number of amides is 1. The molecule has 0 radical (unpaired) electrons. The highest BCUT2D eigenvalue weighted by atomic mass is 31.2. The summed E-state index contributed by atoms with van der Waals surface area (Å²) in [6.07, 6.45) is 8.84. The first kappa shape index (κ1) is 24.8. The number of carbonyl (C=O) groups is 1. The van der Waals surface area contributed by atoms with Crippen molar-refractivity contribution in [2.24, 2.45) is 0 Å². The third kappa shape index (κ3) is 11.6. The lowest BCUT2D eigenvalue weighted by atomic mass is 9.97. The van der Waals surface area contributed by atoms with Crippen molar-refractivity contribution in [3.05, 3.63) is 35.4 Å².